The molecule has 16 heavy (non-hydrogen) atoms. The minimum absolute atomic E-state index is 0.110. The average Bonchev–Trinajstić information content (AvgIpc) is 2.35. The maximum Gasteiger partial charge on any atom is 0.225 e. The maximum absolute atomic E-state index is 11.3. The number of carbonyl (C=O) groups excluding carboxylic acids is 1. The molecule has 0 aromatic rings. The number of rotatable bonds is 5. The van der Waals surface area contributed by atoms with E-state index in [1.54, 1.807) is 6.92 Å². The number of carbonyl (C=O) groups is 1. The lowest BCUT2D eigenvalue weighted by Crippen LogP contribution is -2.32. The largest absolute Gasteiger partial charge is 0.396 e. The highest BCUT2D eigenvalue weighted by atomic mass is 16.3. The highest BCUT2D eigenvalue weighted by molar-refractivity contribution is 5.78. The molecule has 1 unspecified atom stereocenters. The van der Waals surface area contributed by atoms with Crippen LogP contribution in [0.5, 0.6) is 0 Å². The zero-order valence-corrected chi connectivity index (χ0v) is 11.1. The van der Waals surface area contributed by atoms with Gasteiger partial charge in [-0.25, -0.2) is 0 Å². The van der Waals surface area contributed by atoms with Crippen molar-refractivity contribution in [3.05, 3.63) is 23.8 Å². The summed E-state index contributed by atoms with van der Waals surface area (Å²) < 4.78 is 0. The lowest BCUT2D eigenvalue weighted by Gasteiger charge is -2.09. The molecule has 0 aliphatic rings. The summed E-state index contributed by atoms with van der Waals surface area (Å²) in [5, 5.41) is 11.5. The van der Waals surface area contributed by atoms with Crippen molar-refractivity contribution in [2.45, 2.75) is 34.6 Å². The van der Waals surface area contributed by atoms with Crippen LogP contribution in [0.3, 0.4) is 0 Å². The van der Waals surface area contributed by atoms with Crippen LogP contribution in [0, 0.1) is 5.92 Å². The quantitative estimate of drug-likeness (QED) is 0.708. The summed E-state index contributed by atoms with van der Waals surface area (Å²) in [5.41, 5.74) is 1.06. The number of amides is 1. The molecular formula is C13H25NO2. The van der Waals surface area contributed by atoms with Gasteiger partial charge in [-0.2, -0.15) is 0 Å². The van der Waals surface area contributed by atoms with Gasteiger partial charge in [0.2, 0.25) is 5.91 Å². The Morgan fingerprint density at radius 3 is 2.31 bits per heavy atom. The van der Waals surface area contributed by atoms with Crippen LogP contribution in [0.25, 0.3) is 0 Å². The van der Waals surface area contributed by atoms with Crippen LogP contribution in [-0.4, -0.2) is 24.2 Å². The van der Waals surface area contributed by atoms with Crippen LogP contribution in [-0.2, 0) is 4.79 Å². The van der Waals surface area contributed by atoms with Crippen LogP contribution >= 0.6 is 0 Å². The first-order chi connectivity index (χ1) is 7.65. The summed E-state index contributed by atoms with van der Waals surface area (Å²) >= 11 is 0. The van der Waals surface area contributed by atoms with Crippen molar-refractivity contribution in [1.82, 2.24) is 5.32 Å². The van der Waals surface area contributed by atoms with Crippen LogP contribution in [0.15, 0.2) is 23.8 Å². The van der Waals surface area contributed by atoms with Crippen LogP contribution < -0.4 is 5.32 Å². The van der Waals surface area contributed by atoms with E-state index in [9.17, 15) is 4.79 Å². The molecule has 2 N–H and O–H groups in total. The first-order valence-electron chi connectivity index (χ1n) is 5.82. The minimum atomic E-state index is -0.335. The molecule has 0 spiro atoms. The molecular weight excluding hydrogens is 202 g/mol. The average molecular weight is 227 g/mol. The fourth-order valence-electron chi connectivity index (χ4n) is 0.918. The van der Waals surface area contributed by atoms with Crippen molar-refractivity contribution in [2.75, 3.05) is 13.2 Å². The number of aliphatic hydroxyl groups excluding tert-OH is 1. The minimum Gasteiger partial charge on any atom is -0.396 e. The Hall–Kier alpha value is -1.09. The number of nitrogens with one attached hydrogen (secondary N) is 1. The van der Waals surface area contributed by atoms with Gasteiger partial charge >= 0.3 is 0 Å². The van der Waals surface area contributed by atoms with Gasteiger partial charge in [-0.05, 0) is 19.4 Å². The first kappa shape index (κ1) is 17.3. The summed E-state index contributed by atoms with van der Waals surface area (Å²) in [5.74, 6) is -0.449. The topological polar surface area (TPSA) is 49.3 Å². The number of aliphatic hydroxyl groups is 1. The molecule has 3 heteroatoms. The van der Waals surface area contributed by atoms with Gasteiger partial charge in [0, 0.05) is 6.54 Å². The molecule has 0 saturated carbocycles. The lowest BCUT2D eigenvalue weighted by molar-refractivity contribution is -0.125. The summed E-state index contributed by atoms with van der Waals surface area (Å²) in [6.07, 6.45) is 5.82. The van der Waals surface area contributed by atoms with Gasteiger partial charge in [0.1, 0.15) is 0 Å². The molecule has 0 aliphatic carbocycles. The second-order valence-electron chi connectivity index (χ2n) is 3.17. The van der Waals surface area contributed by atoms with Gasteiger partial charge in [0.05, 0.1) is 12.5 Å². The third kappa shape index (κ3) is 8.24. The fourth-order valence-corrected chi connectivity index (χ4v) is 0.918. The van der Waals surface area contributed by atoms with Gasteiger partial charge in [-0.15, -0.1) is 0 Å². The number of allylic oxidation sites excluding steroid dienone is 2. The van der Waals surface area contributed by atoms with E-state index in [0.29, 0.717) is 6.54 Å². The highest BCUT2D eigenvalue weighted by Gasteiger charge is 2.10. The van der Waals surface area contributed by atoms with Gasteiger partial charge < -0.3 is 10.4 Å². The Kier molecular flexibility index (Phi) is 13.0. The standard InChI is InChI=1S/C11H19NO2.C2H6/c1-4-6-10(5-2)7-12-11(14)9(3)8-13;1-2/h4-6,9,13H,7-8H2,1-3H3,(H,12,14);1-2H3/b6-4-,10-5+;. The molecule has 0 aromatic carbocycles. The van der Waals surface area contributed by atoms with Crippen molar-refractivity contribution >= 4 is 5.91 Å². The van der Waals surface area contributed by atoms with E-state index in [-0.39, 0.29) is 18.4 Å². The summed E-state index contributed by atoms with van der Waals surface area (Å²) in [7, 11) is 0. The molecule has 0 radical (unpaired) electrons. The molecule has 94 valence electrons. The van der Waals surface area contributed by atoms with Gasteiger partial charge in [0.15, 0.2) is 0 Å². The summed E-state index contributed by atoms with van der Waals surface area (Å²) in [6, 6.07) is 0. The maximum atomic E-state index is 11.3. The number of hydrogen-bond acceptors (Lipinski definition) is 2. The van der Waals surface area contributed by atoms with Crippen LogP contribution in [0.4, 0.5) is 0 Å². The highest BCUT2D eigenvalue weighted by Crippen LogP contribution is 1.97. The zero-order valence-electron chi connectivity index (χ0n) is 11.1. The Bertz CT molecular complexity index is 232. The van der Waals surface area contributed by atoms with Gasteiger partial charge in [-0.1, -0.05) is 39.0 Å². The zero-order chi connectivity index (χ0) is 13.0. The van der Waals surface area contributed by atoms with E-state index in [1.165, 1.54) is 0 Å². The van der Waals surface area contributed by atoms with Crippen molar-refractivity contribution in [2.24, 2.45) is 5.92 Å². The molecule has 0 heterocycles. The molecule has 3 nitrogen and oxygen atoms in total. The Morgan fingerprint density at radius 2 is 1.94 bits per heavy atom. The Balaban J connectivity index is 0. The van der Waals surface area contributed by atoms with E-state index < -0.39 is 0 Å². The second kappa shape index (κ2) is 12.0. The van der Waals surface area contributed by atoms with Crippen molar-refractivity contribution in [1.29, 1.82) is 0 Å². The lowest BCUT2D eigenvalue weighted by atomic mass is 10.1. The fraction of sp³-hybridized carbons (Fsp3) is 0.615. The van der Waals surface area contributed by atoms with Gasteiger partial charge in [0.25, 0.3) is 0 Å². The van der Waals surface area contributed by atoms with E-state index >= 15 is 0 Å². The van der Waals surface area contributed by atoms with E-state index in [0.717, 1.165) is 5.57 Å². The Morgan fingerprint density at radius 1 is 1.38 bits per heavy atom. The molecule has 1 amide bonds. The van der Waals surface area contributed by atoms with Crippen molar-refractivity contribution in [3.8, 4) is 0 Å². The van der Waals surface area contributed by atoms with Crippen LogP contribution in [0.2, 0.25) is 0 Å². The van der Waals surface area contributed by atoms with Crippen LogP contribution in [0.1, 0.15) is 34.6 Å². The van der Waals surface area contributed by atoms with Crippen molar-refractivity contribution in [3.63, 3.8) is 0 Å². The summed E-state index contributed by atoms with van der Waals surface area (Å²) in [4.78, 5) is 11.3. The molecule has 0 saturated heterocycles. The SMILES string of the molecule is C/C=C\C(=C/C)CNC(=O)C(C)CO.CC. The number of hydrogen-bond donors (Lipinski definition) is 2. The first-order valence-corrected chi connectivity index (χ1v) is 5.82. The van der Waals surface area contributed by atoms with E-state index in [1.807, 2.05) is 45.9 Å². The summed E-state index contributed by atoms with van der Waals surface area (Å²) in [6.45, 7) is 9.96. The molecule has 0 aliphatic heterocycles. The predicted octanol–water partition coefficient (Wildman–Crippen LogP) is 2.28. The molecule has 0 aromatic heterocycles. The molecule has 0 fully saturated rings. The Labute approximate surface area is 99.3 Å². The van der Waals surface area contributed by atoms with Gasteiger partial charge in [-0.3, -0.25) is 4.79 Å². The predicted molar refractivity (Wildman–Crippen MR) is 69.2 cm³/mol. The molecule has 1 atom stereocenters. The smallest absolute Gasteiger partial charge is 0.225 e. The molecule has 0 rings (SSSR count). The monoisotopic (exact) mass is 227 g/mol. The normalized spacial score (nSPS) is 13.0. The van der Waals surface area contributed by atoms with E-state index in [2.05, 4.69) is 5.32 Å². The van der Waals surface area contributed by atoms with E-state index in [4.69, 9.17) is 5.11 Å². The molecule has 0 bridgehead atoms. The second-order valence-corrected chi connectivity index (χ2v) is 3.17. The third-order valence-electron chi connectivity index (χ3n) is 1.94. The van der Waals surface area contributed by atoms with Crippen molar-refractivity contribution < 1.29 is 9.90 Å². The third-order valence-corrected chi connectivity index (χ3v) is 1.94.